The second-order valence-electron chi connectivity index (χ2n) is 4.98. The molecule has 0 bridgehead atoms. The molecule has 0 amide bonds. The number of H-pyrrole nitrogens is 1. The Labute approximate surface area is 126 Å². The van der Waals surface area contributed by atoms with Gasteiger partial charge in [-0.2, -0.15) is 0 Å². The van der Waals surface area contributed by atoms with E-state index in [0.29, 0.717) is 0 Å². The third-order valence-electron chi connectivity index (χ3n) is 3.22. The minimum atomic E-state index is 0.742. The van der Waals surface area contributed by atoms with Crippen molar-refractivity contribution in [3.8, 4) is 11.4 Å². The van der Waals surface area contributed by atoms with Gasteiger partial charge in [0, 0.05) is 24.1 Å². The molecule has 1 aromatic carbocycles. The van der Waals surface area contributed by atoms with Crippen LogP contribution in [0.15, 0.2) is 34.8 Å². The molecule has 2 heterocycles. The van der Waals surface area contributed by atoms with Gasteiger partial charge in [-0.05, 0) is 36.8 Å². The van der Waals surface area contributed by atoms with Crippen LogP contribution in [-0.2, 0) is 0 Å². The topological polar surface area (TPSA) is 44.8 Å². The fraction of sp³-hybridized carbons (Fsp3) is 0.200. The van der Waals surface area contributed by atoms with Crippen molar-refractivity contribution < 1.29 is 0 Å². The van der Waals surface area contributed by atoms with Crippen LogP contribution in [0, 0.1) is 6.92 Å². The number of anilines is 1. The van der Waals surface area contributed by atoms with Gasteiger partial charge in [0.2, 0.25) is 0 Å². The number of halogens is 1. The summed E-state index contributed by atoms with van der Waals surface area (Å²) in [7, 11) is 3.94. The van der Waals surface area contributed by atoms with Crippen LogP contribution in [0.3, 0.4) is 0 Å². The van der Waals surface area contributed by atoms with E-state index in [4.69, 9.17) is 0 Å². The van der Waals surface area contributed by atoms with Crippen LogP contribution in [0.5, 0.6) is 0 Å². The fourth-order valence-corrected chi connectivity index (χ4v) is 2.31. The molecule has 0 fully saturated rings. The van der Waals surface area contributed by atoms with Gasteiger partial charge < -0.3 is 9.88 Å². The van der Waals surface area contributed by atoms with Gasteiger partial charge in [-0.15, -0.1) is 0 Å². The van der Waals surface area contributed by atoms with Crippen molar-refractivity contribution in [1.82, 2.24) is 15.0 Å². The predicted octanol–water partition coefficient (Wildman–Crippen LogP) is 3.76. The smallest absolute Gasteiger partial charge is 0.180 e. The molecule has 0 spiro atoms. The summed E-state index contributed by atoms with van der Waals surface area (Å²) in [4.78, 5) is 14.4. The molecule has 0 atom stereocenters. The van der Waals surface area contributed by atoms with E-state index < -0.39 is 0 Å². The highest BCUT2D eigenvalue weighted by molar-refractivity contribution is 9.10. The molecule has 2 aromatic heterocycles. The Kier molecular flexibility index (Phi) is 3.22. The third-order valence-corrected chi connectivity index (χ3v) is 4.11. The number of rotatable bonds is 2. The number of aromatic amines is 1. The highest BCUT2D eigenvalue weighted by Gasteiger charge is 2.08. The van der Waals surface area contributed by atoms with E-state index in [0.717, 1.165) is 32.8 Å². The van der Waals surface area contributed by atoms with E-state index in [1.165, 1.54) is 5.56 Å². The van der Waals surface area contributed by atoms with Gasteiger partial charge in [-0.1, -0.05) is 22.0 Å². The number of nitrogens with zero attached hydrogens (tertiary/aromatic N) is 3. The first-order valence-corrected chi connectivity index (χ1v) is 7.14. The van der Waals surface area contributed by atoms with Gasteiger partial charge in [0.15, 0.2) is 5.65 Å². The normalized spacial score (nSPS) is 11.0. The lowest BCUT2D eigenvalue weighted by molar-refractivity contribution is 1.08. The van der Waals surface area contributed by atoms with Gasteiger partial charge in [0.25, 0.3) is 0 Å². The van der Waals surface area contributed by atoms with E-state index in [-0.39, 0.29) is 0 Å². The van der Waals surface area contributed by atoms with Crippen molar-refractivity contribution in [2.45, 2.75) is 6.92 Å². The van der Waals surface area contributed by atoms with E-state index in [2.05, 4.69) is 43.9 Å². The summed E-state index contributed by atoms with van der Waals surface area (Å²) in [6.07, 6.45) is 0. The Bertz CT molecular complexity index is 777. The SMILES string of the molecule is Cc1cc(-c2nc3nc(N(C)C)ccc3[nH]2)ccc1Br. The number of pyridine rings is 1. The quantitative estimate of drug-likeness (QED) is 0.778. The molecule has 4 nitrogen and oxygen atoms in total. The number of imidazole rings is 1. The number of hydrogen-bond donors (Lipinski definition) is 1. The van der Waals surface area contributed by atoms with Crippen molar-refractivity contribution >= 4 is 32.9 Å². The fourth-order valence-electron chi connectivity index (χ4n) is 2.06. The van der Waals surface area contributed by atoms with Crippen LogP contribution in [0.1, 0.15) is 5.56 Å². The van der Waals surface area contributed by atoms with Crippen LogP contribution >= 0.6 is 15.9 Å². The van der Waals surface area contributed by atoms with Gasteiger partial charge in [-0.25, -0.2) is 9.97 Å². The molecular formula is C15H15BrN4. The zero-order valence-corrected chi connectivity index (χ0v) is 13.2. The van der Waals surface area contributed by atoms with Crippen molar-refractivity contribution in [1.29, 1.82) is 0 Å². The number of benzene rings is 1. The largest absolute Gasteiger partial charge is 0.363 e. The van der Waals surface area contributed by atoms with Gasteiger partial charge >= 0.3 is 0 Å². The molecule has 0 saturated carbocycles. The average molecular weight is 331 g/mol. The minimum Gasteiger partial charge on any atom is -0.363 e. The second-order valence-corrected chi connectivity index (χ2v) is 5.84. The zero-order chi connectivity index (χ0) is 14.3. The summed E-state index contributed by atoms with van der Waals surface area (Å²) in [5.41, 5.74) is 3.94. The van der Waals surface area contributed by atoms with Crippen LogP contribution in [0.4, 0.5) is 5.82 Å². The summed E-state index contributed by atoms with van der Waals surface area (Å²) in [5.74, 6) is 1.75. The number of fused-ring (bicyclic) bond motifs is 1. The standard InChI is InChI=1S/C15H15BrN4/c1-9-8-10(4-5-11(9)16)14-17-12-6-7-13(20(2)3)18-15(12)19-14/h4-8H,1-3H3,(H,17,18,19). The number of nitrogens with one attached hydrogen (secondary N) is 1. The van der Waals surface area contributed by atoms with Crippen molar-refractivity contribution in [3.05, 3.63) is 40.4 Å². The molecule has 0 unspecified atom stereocenters. The Morgan fingerprint density at radius 2 is 1.90 bits per heavy atom. The van der Waals surface area contributed by atoms with Gasteiger partial charge in [0.1, 0.15) is 11.6 Å². The van der Waals surface area contributed by atoms with Gasteiger partial charge in [0.05, 0.1) is 5.52 Å². The van der Waals surface area contributed by atoms with Crippen LogP contribution in [0.2, 0.25) is 0 Å². The average Bonchev–Trinajstić information content (AvgIpc) is 2.84. The van der Waals surface area contributed by atoms with Gasteiger partial charge in [-0.3, -0.25) is 0 Å². The monoisotopic (exact) mass is 330 g/mol. The zero-order valence-electron chi connectivity index (χ0n) is 11.6. The Balaban J connectivity index is 2.10. The maximum Gasteiger partial charge on any atom is 0.180 e. The molecule has 102 valence electrons. The Hall–Kier alpha value is -1.88. The molecule has 0 saturated heterocycles. The second kappa shape index (κ2) is 4.90. The summed E-state index contributed by atoms with van der Waals surface area (Å²) in [6, 6.07) is 10.2. The first-order valence-electron chi connectivity index (χ1n) is 6.35. The van der Waals surface area contributed by atoms with E-state index in [9.17, 15) is 0 Å². The first kappa shape index (κ1) is 13.1. The molecule has 5 heteroatoms. The summed E-state index contributed by atoms with van der Waals surface area (Å²) >= 11 is 3.51. The molecule has 3 rings (SSSR count). The molecule has 0 aliphatic carbocycles. The van der Waals surface area contributed by atoms with Crippen molar-refractivity contribution in [2.75, 3.05) is 19.0 Å². The van der Waals surface area contributed by atoms with Crippen molar-refractivity contribution in [2.24, 2.45) is 0 Å². The van der Waals surface area contributed by atoms with E-state index >= 15 is 0 Å². The highest BCUT2D eigenvalue weighted by Crippen LogP contribution is 2.25. The predicted molar refractivity (Wildman–Crippen MR) is 86.1 cm³/mol. The number of aromatic nitrogens is 3. The maximum atomic E-state index is 4.59. The van der Waals surface area contributed by atoms with E-state index in [1.54, 1.807) is 0 Å². The molecule has 0 aliphatic heterocycles. The third kappa shape index (κ3) is 2.29. The maximum absolute atomic E-state index is 4.59. The molecule has 0 radical (unpaired) electrons. The van der Waals surface area contributed by atoms with E-state index in [1.807, 2.05) is 43.3 Å². The lowest BCUT2D eigenvalue weighted by Crippen LogP contribution is -2.10. The number of hydrogen-bond acceptors (Lipinski definition) is 3. The van der Waals surface area contributed by atoms with Crippen LogP contribution < -0.4 is 4.90 Å². The minimum absolute atomic E-state index is 0.742. The lowest BCUT2D eigenvalue weighted by Gasteiger charge is -2.09. The molecule has 3 aromatic rings. The highest BCUT2D eigenvalue weighted by atomic mass is 79.9. The molecule has 1 N–H and O–H groups in total. The molecule has 20 heavy (non-hydrogen) atoms. The summed E-state index contributed by atoms with van der Waals surface area (Å²) < 4.78 is 1.10. The lowest BCUT2D eigenvalue weighted by atomic mass is 10.1. The Morgan fingerprint density at radius 3 is 2.60 bits per heavy atom. The molecule has 0 aliphatic rings. The Morgan fingerprint density at radius 1 is 1.10 bits per heavy atom. The summed E-state index contributed by atoms with van der Waals surface area (Å²) in [5, 5.41) is 0. The van der Waals surface area contributed by atoms with Crippen LogP contribution in [0.25, 0.3) is 22.6 Å². The van der Waals surface area contributed by atoms with Crippen molar-refractivity contribution in [3.63, 3.8) is 0 Å². The summed E-state index contributed by atoms with van der Waals surface area (Å²) in [6.45, 7) is 2.07. The number of aryl methyl sites for hydroxylation is 1. The molecular weight excluding hydrogens is 316 g/mol. The first-order chi connectivity index (χ1) is 9.54. The van der Waals surface area contributed by atoms with Crippen LogP contribution in [-0.4, -0.2) is 29.0 Å².